The van der Waals surface area contributed by atoms with Crippen molar-refractivity contribution >= 4 is 5.91 Å². The van der Waals surface area contributed by atoms with Crippen molar-refractivity contribution in [3.63, 3.8) is 0 Å². The lowest BCUT2D eigenvalue weighted by Crippen LogP contribution is -2.62. The second-order valence-electron chi connectivity index (χ2n) is 16.9. The van der Waals surface area contributed by atoms with E-state index >= 15 is 4.39 Å². The predicted molar refractivity (Wildman–Crippen MR) is 198 cm³/mol. The first-order valence-corrected chi connectivity index (χ1v) is 18.9. The fraction of sp³-hybridized carbons (Fsp3) is 0.683. The number of ether oxygens (including phenoxy) is 1. The van der Waals surface area contributed by atoms with E-state index in [1.807, 2.05) is 18.2 Å². The summed E-state index contributed by atoms with van der Waals surface area (Å²) >= 11 is 0. The molecule has 0 aromatic heterocycles. The molecule has 0 radical (unpaired) electrons. The van der Waals surface area contributed by atoms with Gasteiger partial charge in [-0.3, -0.25) is 14.5 Å². The number of methoxy groups -OCH3 is 1. The second kappa shape index (κ2) is 16.6. The Morgan fingerprint density at radius 2 is 1.82 bits per heavy atom. The second-order valence-corrected chi connectivity index (χ2v) is 16.9. The zero-order valence-electron chi connectivity index (χ0n) is 32.3. The van der Waals surface area contributed by atoms with E-state index in [-0.39, 0.29) is 30.4 Å². The van der Waals surface area contributed by atoms with E-state index in [0.29, 0.717) is 60.0 Å². The Balaban J connectivity index is 1.39. The molecule has 2 bridgehead atoms. The molecule has 2 unspecified atom stereocenters. The maximum atomic E-state index is 15.3. The predicted octanol–water partition coefficient (Wildman–Crippen LogP) is 5.47. The van der Waals surface area contributed by atoms with Gasteiger partial charge in [0.05, 0.1) is 26.4 Å². The van der Waals surface area contributed by atoms with E-state index in [9.17, 15) is 15.0 Å². The van der Waals surface area contributed by atoms with E-state index in [1.54, 1.807) is 25.2 Å². The average Bonchev–Trinajstić information content (AvgIpc) is 3.43. The van der Waals surface area contributed by atoms with Crippen LogP contribution in [0.4, 0.5) is 4.39 Å². The van der Waals surface area contributed by atoms with Gasteiger partial charge in [-0.25, -0.2) is 4.39 Å². The highest BCUT2D eigenvalue weighted by atomic mass is 19.1. The van der Waals surface area contributed by atoms with Crippen LogP contribution in [0.25, 0.3) is 0 Å². The van der Waals surface area contributed by atoms with Crippen molar-refractivity contribution in [2.75, 3.05) is 34.4 Å². The third-order valence-electron chi connectivity index (χ3n) is 12.3. The first kappa shape index (κ1) is 39.6. The van der Waals surface area contributed by atoms with Gasteiger partial charge >= 0.3 is 0 Å². The van der Waals surface area contributed by atoms with Crippen molar-refractivity contribution in [3.05, 3.63) is 65.0 Å². The third kappa shape index (κ3) is 8.79. The van der Waals surface area contributed by atoms with Crippen LogP contribution < -0.4 is 10.1 Å². The molecule has 2 aromatic rings. The highest BCUT2D eigenvalue weighted by Gasteiger charge is 2.57. The molecule has 6 rings (SSSR count). The Kier molecular flexibility index (Phi) is 12.9. The molecule has 2 aromatic carbocycles. The molecule has 4 aliphatic rings. The average molecular weight is 711 g/mol. The number of amides is 1. The van der Waals surface area contributed by atoms with Crippen LogP contribution in [0.15, 0.2) is 42.5 Å². The lowest BCUT2D eigenvalue weighted by atomic mass is 9.45. The molecule has 9 atom stereocenters. The van der Waals surface area contributed by atoms with E-state index in [1.165, 1.54) is 12.5 Å². The van der Waals surface area contributed by atoms with Gasteiger partial charge in [-0.15, -0.1) is 0 Å². The highest BCUT2D eigenvalue weighted by molar-refractivity contribution is 5.82. The van der Waals surface area contributed by atoms with Gasteiger partial charge in [-0.05, 0) is 92.6 Å². The van der Waals surface area contributed by atoms with Gasteiger partial charge < -0.3 is 25.2 Å². The minimum atomic E-state index is -0.858. The summed E-state index contributed by atoms with van der Waals surface area (Å²) in [6.45, 7) is 14.8. The quantitative estimate of drug-likeness (QED) is 0.211. The number of carbonyl (C=O) groups excluding carboxylic acids is 1. The van der Waals surface area contributed by atoms with Crippen molar-refractivity contribution in [1.82, 2.24) is 20.2 Å². The number of hydrogen-bond acceptors (Lipinski definition) is 8. The van der Waals surface area contributed by atoms with Crippen LogP contribution in [0.3, 0.4) is 0 Å². The zero-order chi connectivity index (χ0) is 37.2. The minimum Gasteiger partial charge on any atom is -0.496 e. The van der Waals surface area contributed by atoms with Gasteiger partial charge in [0.2, 0.25) is 5.91 Å². The molecular formula is C41H63FN4O5. The summed E-state index contributed by atoms with van der Waals surface area (Å²) in [5.74, 6) is 1.48. The zero-order valence-corrected chi connectivity index (χ0v) is 32.3. The Labute approximate surface area is 305 Å². The van der Waals surface area contributed by atoms with Crippen LogP contribution in [0, 0.1) is 40.8 Å². The van der Waals surface area contributed by atoms with Crippen LogP contribution in [0.2, 0.25) is 0 Å². The summed E-state index contributed by atoms with van der Waals surface area (Å²) in [5, 5.41) is 26.2. The number of carbonyl (C=O) groups is 1. The molecule has 3 saturated carbocycles. The third-order valence-corrected chi connectivity index (χ3v) is 12.3. The van der Waals surface area contributed by atoms with Gasteiger partial charge in [0.1, 0.15) is 23.7 Å². The Morgan fingerprint density at radius 3 is 2.43 bits per heavy atom. The van der Waals surface area contributed by atoms with Crippen molar-refractivity contribution in [1.29, 1.82) is 0 Å². The molecule has 0 spiro atoms. The molecule has 3 N–H and O–H groups in total. The van der Waals surface area contributed by atoms with Crippen LogP contribution in [0.5, 0.6) is 5.75 Å². The number of fused-ring (bicyclic) bond motifs is 2. The number of halogens is 1. The summed E-state index contributed by atoms with van der Waals surface area (Å²) < 4.78 is 20.9. The molecule has 1 aliphatic heterocycles. The molecule has 9 nitrogen and oxygen atoms in total. The van der Waals surface area contributed by atoms with Crippen molar-refractivity contribution in [3.8, 4) is 5.75 Å². The van der Waals surface area contributed by atoms with Gasteiger partial charge in [0.25, 0.3) is 0 Å². The van der Waals surface area contributed by atoms with Crippen molar-refractivity contribution < 1.29 is 29.0 Å². The Morgan fingerprint density at radius 1 is 1.12 bits per heavy atom. The molecule has 10 heteroatoms. The molecule has 1 heterocycles. The standard InChI is InChI=1S/C41H63FN4O5/c1-25(2)16-31(22-44(7)8)45(23-32-34(42)14-11-15-36(32)50-9)20-28-12-10-13-29(17-28)21-46-39(38(27(4)48)37(24-47)51-46)40(49)43-35-19-30-18-33(26(35)3)41(30,5)6/h10-15,17,25-27,30-31,33,35,37-39,47-48H,16,18-24H2,1-9H3,(H,43,49)/t26-,27-,30?,31-,33?,35-,37-,38+,39-/m0/s1. The molecule has 1 amide bonds. The first-order valence-electron chi connectivity index (χ1n) is 18.9. The largest absolute Gasteiger partial charge is 0.496 e. The van der Waals surface area contributed by atoms with E-state index in [0.717, 1.165) is 30.5 Å². The van der Waals surface area contributed by atoms with Crippen LogP contribution >= 0.6 is 0 Å². The van der Waals surface area contributed by atoms with Gasteiger partial charge in [-0.1, -0.05) is 65.0 Å². The Hall–Kier alpha value is -2.60. The van der Waals surface area contributed by atoms with Gasteiger partial charge in [0, 0.05) is 43.2 Å². The van der Waals surface area contributed by atoms with Crippen molar-refractivity contribution in [2.24, 2.45) is 35.0 Å². The molecule has 3 aliphatic carbocycles. The topological polar surface area (TPSA) is 97.7 Å². The fourth-order valence-corrected chi connectivity index (χ4v) is 9.43. The first-order chi connectivity index (χ1) is 24.1. The normalized spacial score (nSPS) is 28.6. The summed E-state index contributed by atoms with van der Waals surface area (Å²) in [5.41, 5.74) is 2.84. The van der Waals surface area contributed by atoms with E-state index in [2.05, 4.69) is 76.0 Å². The number of nitrogens with zero attached hydrogens (tertiary/aromatic N) is 3. The molecule has 1 saturated heterocycles. The Bertz CT molecular complexity index is 1460. The number of rotatable bonds is 16. The van der Waals surface area contributed by atoms with Crippen LogP contribution in [-0.2, 0) is 29.3 Å². The maximum Gasteiger partial charge on any atom is 0.240 e. The minimum absolute atomic E-state index is 0.0716. The smallest absolute Gasteiger partial charge is 0.240 e. The molecular weight excluding hydrogens is 647 g/mol. The summed E-state index contributed by atoms with van der Waals surface area (Å²) in [7, 11) is 5.71. The van der Waals surface area contributed by atoms with E-state index < -0.39 is 24.2 Å². The lowest BCUT2D eigenvalue weighted by molar-refractivity contribution is -0.183. The summed E-state index contributed by atoms with van der Waals surface area (Å²) in [4.78, 5) is 24.9. The van der Waals surface area contributed by atoms with Crippen LogP contribution in [-0.4, -0.2) is 95.7 Å². The van der Waals surface area contributed by atoms with E-state index in [4.69, 9.17) is 9.57 Å². The molecule has 51 heavy (non-hydrogen) atoms. The maximum absolute atomic E-state index is 15.3. The monoisotopic (exact) mass is 710 g/mol. The van der Waals surface area contributed by atoms with Gasteiger partial charge in [-0.2, -0.15) is 5.06 Å². The molecule has 4 fully saturated rings. The van der Waals surface area contributed by atoms with Gasteiger partial charge in [0.15, 0.2) is 0 Å². The summed E-state index contributed by atoms with van der Waals surface area (Å²) in [6.07, 6.45) is 1.56. The SMILES string of the molecule is COc1cccc(F)c1CN(Cc1cccc(CN2O[C@@H](CO)[C@@H]([C@H](C)O)[C@H]2C(=O)N[C@H]2CC3CC([C@@H]2C)C3(C)C)c1)[C@@H](CC(C)C)CN(C)C. The number of aliphatic hydroxyl groups is 2. The fourth-order valence-electron chi connectivity index (χ4n) is 9.43. The number of nitrogens with one attached hydrogen (secondary N) is 1. The number of benzene rings is 2. The number of hydroxylamine groups is 2. The lowest BCUT2D eigenvalue weighted by Gasteiger charge is -2.62. The summed E-state index contributed by atoms with van der Waals surface area (Å²) in [6, 6.07) is 12.7. The van der Waals surface area contributed by atoms with Crippen molar-refractivity contribution in [2.45, 2.75) is 111 Å². The number of aliphatic hydroxyl groups excluding tert-OH is 2. The van der Waals surface area contributed by atoms with Crippen LogP contribution in [0.1, 0.15) is 77.5 Å². The molecule has 284 valence electrons. The number of hydrogen-bond donors (Lipinski definition) is 3. The highest BCUT2D eigenvalue weighted by Crippen LogP contribution is 2.61. The number of likely N-dealkylation sites (N-methyl/N-ethyl adjacent to an activating group) is 1.